The van der Waals surface area contributed by atoms with Crippen molar-refractivity contribution in [2.24, 2.45) is 7.05 Å². The highest BCUT2D eigenvalue weighted by atomic mass is 35.5. The molecule has 1 N–H and O–H groups in total. The molecule has 0 aliphatic heterocycles. The van der Waals surface area contributed by atoms with Crippen LogP contribution in [-0.4, -0.2) is 14.8 Å². The van der Waals surface area contributed by atoms with Crippen LogP contribution in [-0.2, 0) is 20.1 Å². The van der Waals surface area contributed by atoms with Gasteiger partial charge < -0.3 is 5.32 Å². The number of aryl methyl sites for hydroxylation is 2. The van der Waals surface area contributed by atoms with E-state index in [1.807, 2.05) is 24.9 Å². The summed E-state index contributed by atoms with van der Waals surface area (Å²) in [6, 6.07) is 0. The molecule has 0 radical (unpaired) electrons. The summed E-state index contributed by atoms with van der Waals surface area (Å²) in [6.07, 6.45) is 0. The molecular weight excluding hydrogens is 279 g/mol. The molecule has 2 rings (SSSR count). The van der Waals surface area contributed by atoms with Crippen molar-refractivity contribution in [2.75, 3.05) is 0 Å². The lowest BCUT2D eigenvalue weighted by molar-refractivity contribution is 0.680. The molecule has 4 nitrogen and oxygen atoms in total. The standard InChI is InChI=1S/C10H13ClN4S.ClH/c1-7-9(10(11)15(2)14-7)4-12-3-8-5-16-6-13-8;/h5-6,12H,3-4H2,1-2H3;1H. The number of nitrogens with one attached hydrogen (secondary N) is 1. The molecule has 0 amide bonds. The number of aromatic nitrogens is 3. The Morgan fingerprint density at radius 3 is 2.76 bits per heavy atom. The third-order valence-corrected chi connectivity index (χ3v) is 3.47. The molecule has 7 heteroatoms. The maximum absolute atomic E-state index is 6.12. The van der Waals surface area contributed by atoms with Crippen LogP contribution < -0.4 is 5.32 Å². The average Bonchev–Trinajstić information content (AvgIpc) is 2.82. The van der Waals surface area contributed by atoms with Crippen molar-refractivity contribution in [2.45, 2.75) is 20.0 Å². The van der Waals surface area contributed by atoms with Gasteiger partial charge in [-0.3, -0.25) is 4.68 Å². The summed E-state index contributed by atoms with van der Waals surface area (Å²) < 4.78 is 1.69. The van der Waals surface area contributed by atoms with Crippen molar-refractivity contribution in [3.8, 4) is 0 Å². The fourth-order valence-corrected chi connectivity index (χ4v) is 2.31. The van der Waals surface area contributed by atoms with Gasteiger partial charge in [0.25, 0.3) is 0 Å². The van der Waals surface area contributed by atoms with Gasteiger partial charge in [-0.15, -0.1) is 23.7 Å². The lowest BCUT2D eigenvalue weighted by Gasteiger charge is -2.02. The van der Waals surface area contributed by atoms with E-state index in [1.165, 1.54) is 0 Å². The Labute approximate surface area is 115 Å². The Kier molecular flexibility index (Phi) is 5.39. The number of hydrogen-bond acceptors (Lipinski definition) is 4. The fraction of sp³-hybridized carbons (Fsp3) is 0.400. The van der Waals surface area contributed by atoms with Gasteiger partial charge in [0.2, 0.25) is 0 Å². The monoisotopic (exact) mass is 292 g/mol. The predicted octanol–water partition coefficient (Wildman–Crippen LogP) is 2.55. The normalized spacial score (nSPS) is 10.3. The van der Waals surface area contributed by atoms with Crippen LogP contribution in [0.1, 0.15) is 17.0 Å². The highest BCUT2D eigenvalue weighted by molar-refractivity contribution is 7.07. The topological polar surface area (TPSA) is 42.7 Å². The van der Waals surface area contributed by atoms with Gasteiger partial charge in [-0.2, -0.15) is 5.10 Å². The van der Waals surface area contributed by atoms with Crippen LogP contribution in [0.4, 0.5) is 0 Å². The molecule has 2 aromatic rings. The zero-order chi connectivity index (χ0) is 11.5. The highest BCUT2D eigenvalue weighted by Crippen LogP contribution is 2.18. The molecule has 0 saturated carbocycles. The highest BCUT2D eigenvalue weighted by Gasteiger charge is 2.10. The van der Waals surface area contributed by atoms with Gasteiger partial charge >= 0.3 is 0 Å². The SMILES string of the molecule is Cc1nn(C)c(Cl)c1CNCc1cscn1.Cl. The van der Waals surface area contributed by atoms with Crippen molar-refractivity contribution in [3.63, 3.8) is 0 Å². The first-order valence-electron chi connectivity index (χ1n) is 4.94. The molecule has 0 unspecified atom stereocenters. The third-order valence-electron chi connectivity index (χ3n) is 2.36. The van der Waals surface area contributed by atoms with E-state index >= 15 is 0 Å². The second kappa shape index (κ2) is 6.35. The Hall–Kier alpha value is -0.620. The summed E-state index contributed by atoms with van der Waals surface area (Å²) in [5, 5.41) is 10.3. The average molecular weight is 293 g/mol. The van der Waals surface area contributed by atoms with E-state index < -0.39 is 0 Å². The summed E-state index contributed by atoms with van der Waals surface area (Å²) >= 11 is 7.72. The first-order chi connectivity index (χ1) is 7.68. The molecule has 0 fully saturated rings. The van der Waals surface area contributed by atoms with E-state index in [1.54, 1.807) is 16.0 Å². The Morgan fingerprint density at radius 2 is 2.24 bits per heavy atom. The van der Waals surface area contributed by atoms with Gasteiger partial charge in [-0.05, 0) is 6.92 Å². The van der Waals surface area contributed by atoms with Crippen molar-refractivity contribution in [1.82, 2.24) is 20.1 Å². The Balaban J connectivity index is 0.00000144. The van der Waals surface area contributed by atoms with Gasteiger partial charge in [0.05, 0.1) is 16.9 Å². The molecule has 0 aliphatic rings. The largest absolute Gasteiger partial charge is 0.307 e. The van der Waals surface area contributed by atoms with E-state index in [9.17, 15) is 0 Å². The molecule has 17 heavy (non-hydrogen) atoms. The zero-order valence-corrected chi connectivity index (χ0v) is 12.0. The van der Waals surface area contributed by atoms with Crippen molar-refractivity contribution >= 4 is 35.3 Å². The molecule has 0 atom stereocenters. The minimum absolute atomic E-state index is 0. The molecule has 0 saturated heterocycles. The van der Waals surface area contributed by atoms with Crippen molar-refractivity contribution in [1.29, 1.82) is 0 Å². The van der Waals surface area contributed by atoms with Crippen LogP contribution in [0.15, 0.2) is 10.9 Å². The summed E-state index contributed by atoms with van der Waals surface area (Å²) in [6.45, 7) is 3.44. The summed E-state index contributed by atoms with van der Waals surface area (Å²) in [4.78, 5) is 4.20. The van der Waals surface area contributed by atoms with Gasteiger partial charge in [-0.1, -0.05) is 11.6 Å². The second-order valence-electron chi connectivity index (χ2n) is 3.56. The molecular formula is C10H14Cl2N4S. The number of hydrogen-bond donors (Lipinski definition) is 1. The van der Waals surface area contributed by atoms with Crippen molar-refractivity contribution in [3.05, 3.63) is 33.0 Å². The number of halogens is 2. The Morgan fingerprint density at radius 1 is 1.47 bits per heavy atom. The smallest absolute Gasteiger partial charge is 0.131 e. The Bertz CT molecular complexity index is 467. The summed E-state index contributed by atoms with van der Waals surface area (Å²) in [7, 11) is 1.85. The number of rotatable bonds is 4. The quantitative estimate of drug-likeness (QED) is 0.942. The van der Waals surface area contributed by atoms with Crippen LogP contribution in [0, 0.1) is 6.92 Å². The number of nitrogens with zero attached hydrogens (tertiary/aromatic N) is 3. The number of thiazole rings is 1. The molecule has 2 aromatic heterocycles. The minimum Gasteiger partial charge on any atom is -0.307 e. The molecule has 94 valence electrons. The van der Waals surface area contributed by atoms with Crippen LogP contribution in [0.25, 0.3) is 0 Å². The van der Waals surface area contributed by atoms with Gasteiger partial charge in [0, 0.05) is 31.1 Å². The van der Waals surface area contributed by atoms with Crippen LogP contribution in [0.2, 0.25) is 5.15 Å². The lowest BCUT2D eigenvalue weighted by atomic mass is 10.2. The third kappa shape index (κ3) is 3.42. The van der Waals surface area contributed by atoms with E-state index in [0.29, 0.717) is 5.15 Å². The molecule has 0 aliphatic carbocycles. The maximum Gasteiger partial charge on any atom is 0.131 e. The summed E-state index contributed by atoms with van der Waals surface area (Å²) in [5.74, 6) is 0. The molecule has 2 heterocycles. The molecule has 0 aromatic carbocycles. The van der Waals surface area contributed by atoms with Gasteiger partial charge in [0.15, 0.2) is 0 Å². The zero-order valence-electron chi connectivity index (χ0n) is 9.61. The summed E-state index contributed by atoms with van der Waals surface area (Å²) in [5.41, 5.74) is 4.92. The fourth-order valence-electron chi connectivity index (χ4n) is 1.52. The van der Waals surface area contributed by atoms with E-state index in [-0.39, 0.29) is 12.4 Å². The second-order valence-corrected chi connectivity index (χ2v) is 4.64. The van der Waals surface area contributed by atoms with E-state index in [4.69, 9.17) is 11.6 Å². The van der Waals surface area contributed by atoms with Crippen LogP contribution >= 0.6 is 35.3 Å². The van der Waals surface area contributed by atoms with Crippen LogP contribution in [0.3, 0.4) is 0 Å². The first kappa shape index (κ1) is 14.4. The molecule has 0 bridgehead atoms. The predicted molar refractivity (Wildman–Crippen MR) is 72.9 cm³/mol. The lowest BCUT2D eigenvalue weighted by Crippen LogP contribution is -2.13. The minimum atomic E-state index is 0. The van der Waals surface area contributed by atoms with Crippen LogP contribution in [0.5, 0.6) is 0 Å². The van der Waals surface area contributed by atoms with Gasteiger partial charge in [-0.25, -0.2) is 4.98 Å². The first-order valence-corrected chi connectivity index (χ1v) is 6.26. The molecule has 0 spiro atoms. The van der Waals surface area contributed by atoms with E-state index in [0.717, 1.165) is 30.0 Å². The maximum atomic E-state index is 6.12. The van der Waals surface area contributed by atoms with Gasteiger partial charge in [0.1, 0.15) is 5.15 Å². The van der Waals surface area contributed by atoms with E-state index in [2.05, 4.69) is 15.4 Å². The van der Waals surface area contributed by atoms with Crippen molar-refractivity contribution < 1.29 is 0 Å².